The second-order valence-electron chi connectivity index (χ2n) is 9.77. The first-order valence-electron chi connectivity index (χ1n) is 12.7. The molecule has 0 unspecified atom stereocenters. The summed E-state index contributed by atoms with van der Waals surface area (Å²) in [6, 6.07) is 12.1. The van der Waals surface area contributed by atoms with Crippen molar-refractivity contribution in [2.45, 2.75) is 25.2 Å². The van der Waals surface area contributed by atoms with Crippen LogP contribution in [0.25, 0.3) is 0 Å². The van der Waals surface area contributed by atoms with Crippen LogP contribution in [0, 0.1) is 0 Å². The van der Waals surface area contributed by atoms with E-state index in [1.165, 1.54) is 9.80 Å². The monoisotopic (exact) mass is 534 g/mol. The number of benzene rings is 2. The number of piperazine rings is 1. The van der Waals surface area contributed by atoms with Gasteiger partial charge in [0.15, 0.2) is 12.2 Å². The molecule has 12 heteroatoms. The smallest absolute Gasteiger partial charge is 0.259 e. The number of aliphatic hydroxyl groups excluding tert-OH is 1. The molecule has 0 spiro atoms. The van der Waals surface area contributed by atoms with Crippen LogP contribution < -0.4 is 16.0 Å². The van der Waals surface area contributed by atoms with Gasteiger partial charge in [-0.15, -0.1) is 0 Å². The van der Waals surface area contributed by atoms with Gasteiger partial charge < -0.3 is 35.6 Å². The Labute approximate surface area is 225 Å². The highest BCUT2D eigenvalue weighted by Gasteiger charge is 2.39. The molecule has 0 aliphatic carbocycles. The molecule has 3 aliphatic rings. The van der Waals surface area contributed by atoms with Crippen LogP contribution in [0.5, 0.6) is 0 Å². The van der Waals surface area contributed by atoms with Crippen molar-refractivity contribution >= 4 is 40.8 Å². The molecular formula is C27H30N6O6. The van der Waals surface area contributed by atoms with Gasteiger partial charge in [-0.3, -0.25) is 24.2 Å². The van der Waals surface area contributed by atoms with Gasteiger partial charge in [-0.25, -0.2) is 0 Å². The van der Waals surface area contributed by atoms with Crippen LogP contribution in [-0.2, 0) is 36.9 Å². The molecule has 3 aliphatic heterocycles. The maximum absolute atomic E-state index is 13.3. The number of ether oxygens (including phenoxy) is 1. The minimum atomic E-state index is -1.74. The Bertz CT molecular complexity index is 1360. The maximum Gasteiger partial charge on any atom is 0.259 e. The number of morpholine rings is 1. The summed E-state index contributed by atoms with van der Waals surface area (Å²) < 4.78 is 5.51. The number of hydrogen-bond donors (Lipinski definition) is 3. The second-order valence-corrected chi connectivity index (χ2v) is 9.77. The number of hydrogen-bond acceptors (Lipinski definition) is 8. The number of nitrogens with one attached hydrogen (secondary N) is 1. The molecule has 2 saturated heterocycles. The number of anilines is 2. The molecule has 2 aromatic rings. The lowest BCUT2D eigenvalue weighted by molar-refractivity contribution is -0.150. The fourth-order valence-corrected chi connectivity index (χ4v) is 4.84. The average Bonchev–Trinajstić information content (AvgIpc) is 3.29. The van der Waals surface area contributed by atoms with Crippen molar-refractivity contribution in [1.82, 2.24) is 9.80 Å². The highest BCUT2D eigenvalue weighted by atomic mass is 16.5. The standard InChI is InChI=1S/C27H30N6O6/c1-31-7-8-32(15-22(31)35)21(34)12-16-3-2-4-19(11-16)33-9-10-39-24(27(33)38)23(36)26(37)30-18-5-6-20-17(13-18)14-29-25(20)28/h2-6,11,13,23-24,36H,7-10,12,14-15H2,1H3,(H2,28,29)(H,30,37)/t23-,24-/m1/s1. The van der Waals surface area contributed by atoms with E-state index >= 15 is 0 Å². The van der Waals surface area contributed by atoms with Gasteiger partial charge in [-0.1, -0.05) is 12.1 Å². The first-order valence-corrected chi connectivity index (χ1v) is 12.7. The predicted molar refractivity (Wildman–Crippen MR) is 142 cm³/mol. The van der Waals surface area contributed by atoms with Crippen molar-refractivity contribution in [3.63, 3.8) is 0 Å². The van der Waals surface area contributed by atoms with Crippen LogP contribution in [0.15, 0.2) is 47.5 Å². The van der Waals surface area contributed by atoms with Gasteiger partial charge >= 0.3 is 0 Å². The number of amidine groups is 1. The molecule has 39 heavy (non-hydrogen) atoms. The highest BCUT2D eigenvalue weighted by molar-refractivity contribution is 6.05. The third-order valence-corrected chi connectivity index (χ3v) is 7.13. The Hall–Kier alpha value is -4.29. The van der Waals surface area contributed by atoms with E-state index in [-0.39, 0.29) is 37.9 Å². The fraction of sp³-hybridized carbons (Fsp3) is 0.370. The fourth-order valence-electron chi connectivity index (χ4n) is 4.84. The Kier molecular flexibility index (Phi) is 7.31. The van der Waals surface area contributed by atoms with Crippen molar-refractivity contribution < 1.29 is 29.0 Å². The zero-order chi connectivity index (χ0) is 27.7. The van der Waals surface area contributed by atoms with Crippen molar-refractivity contribution in [1.29, 1.82) is 0 Å². The van der Waals surface area contributed by atoms with E-state index < -0.39 is 24.0 Å². The van der Waals surface area contributed by atoms with Crippen LogP contribution in [0.3, 0.4) is 0 Å². The number of nitrogens with two attached hydrogens (primary N) is 1. The molecule has 0 bridgehead atoms. The Morgan fingerprint density at radius 3 is 2.79 bits per heavy atom. The van der Waals surface area contributed by atoms with E-state index in [0.29, 0.717) is 42.4 Å². The number of aliphatic hydroxyl groups is 1. The third kappa shape index (κ3) is 5.47. The van der Waals surface area contributed by atoms with E-state index in [1.54, 1.807) is 54.4 Å². The first kappa shape index (κ1) is 26.3. The van der Waals surface area contributed by atoms with Gasteiger partial charge in [0, 0.05) is 43.6 Å². The minimum Gasteiger partial charge on any atom is -0.383 e. The van der Waals surface area contributed by atoms with Gasteiger partial charge in [0.1, 0.15) is 5.84 Å². The lowest BCUT2D eigenvalue weighted by Crippen LogP contribution is -2.55. The molecule has 204 valence electrons. The molecule has 0 radical (unpaired) electrons. The molecule has 2 atom stereocenters. The number of aliphatic imine (C=N–C) groups is 1. The Morgan fingerprint density at radius 2 is 2.00 bits per heavy atom. The molecule has 0 aromatic heterocycles. The molecule has 2 fully saturated rings. The number of carbonyl (C=O) groups excluding carboxylic acids is 4. The van der Waals surface area contributed by atoms with E-state index in [9.17, 15) is 24.3 Å². The van der Waals surface area contributed by atoms with Crippen LogP contribution in [0.1, 0.15) is 16.7 Å². The van der Waals surface area contributed by atoms with Crippen molar-refractivity contribution in [3.05, 3.63) is 59.2 Å². The number of fused-ring (bicyclic) bond motifs is 1. The molecule has 4 N–H and O–H groups in total. The molecule has 2 aromatic carbocycles. The van der Waals surface area contributed by atoms with Crippen LogP contribution in [0.2, 0.25) is 0 Å². The summed E-state index contributed by atoms with van der Waals surface area (Å²) in [6.45, 7) is 1.75. The summed E-state index contributed by atoms with van der Waals surface area (Å²) in [4.78, 5) is 59.5. The van der Waals surface area contributed by atoms with Crippen LogP contribution in [0.4, 0.5) is 11.4 Å². The van der Waals surface area contributed by atoms with Crippen LogP contribution in [-0.4, -0.2) is 96.4 Å². The van der Waals surface area contributed by atoms with Gasteiger partial charge in [0.25, 0.3) is 11.8 Å². The summed E-state index contributed by atoms with van der Waals surface area (Å²) in [5.74, 6) is -1.18. The number of nitrogens with zero attached hydrogens (tertiary/aromatic N) is 4. The van der Waals surface area contributed by atoms with Crippen molar-refractivity contribution in [3.8, 4) is 0 Å². The summed E-state index contributed by atoms with van der Waals surface area (Å²) in [5, 5.41) is 13.3. The number of likely N-dealkylation sites (N-methyl/N-ethyl adjacent to an activating group) is 1. The largest absolute Gasteiger partial charge is 0.383 e. The van der Waals surface area contributed by atoms with E-state index in [2.05, 4.69) is 10.3 Å². The molecule has 4 amide bonds. The van der Waals surface area contributed by atoms with Gasteiger partial charge in [-0.05, 0) is 41.5 Å². The molecular weight excluding hydrogens is 504 g/mol. The van der Waals surface area contributed by atoms with Crippen molar-refractivity contribution in [2.75, 3.05) is 50.1 Å². The van der Waals surface area contributed by atoms with Crippen molar-refractivity contribution in [2.24, 2.45) is 10.7 Å². The average molecular weight is 535 g/mol. The quantitative estimate of drug-likeness (QED) is 0.450. The predicted octanol–water partition coefficient (Wildman–Crippen LogP) is -0.520. The summed E-state index contributed by atoms with van der Waals surface area (Å²) in [5.41, 5.74) is 9.14. The van der Waals surface area contributed by atoms with E-state index in [4.69, 9.17) is 10.5 Å². The zero-order valence-corrected chi connectivity index (χ0v) is 21.5. The maximum atomic E-state index is 13.3. The van der Waals surface area contributed by atoms with Gasteiger partial charge in [0.2, 0.25) is 11.8 Å². The highest BCUT2D eigenvalue weighted by Crippen LogP contribution is 2.24. The summed E-state index contributed by atoms with van der Waals surface area (Å²) >= 11 is 0. The lowest BCUT2D eigenvalue weighted by atomic mass is 10.1. The Balaban J connectivity index is 1.23. The van der Waals surface area contributed by atoms with E-state index in [1.807, 2.05) is 0 Å². The normalized spacial score (nSPS) is 20.0. The molecule has 3 heterocycles. The molecule has 5 rings (SSSR count). The van der Waals surface area contributed by atoms with E-state index in [0.717, 1.165) is 11.1 Å². The third-order valence-electron chi connectivity index (χ3n) is 7.13. The zero-order valence-electron chi connectivity index (χ0n) is 21.5. The lowest BCUT2D eigenvalue weighted by Gasteiger charge is -2.34. The Morgan fingerprint density at radius 1 is 1.18 bits per heavy atom. The number of rotatable bonds is 6. The number of carbonyl (C=O) groups is 4. The summed E-state index contributed by atoms with van der Waals surface area (Å²) in [7, 11) is 1.71. The number of amides is 4. The molecule has 12 nitrogen and oxygen atoms in total. The minimum absolute atomic E-state index is 0.0475. The second kappa shape index (κ2) is 10.8. The SMILES string of the molecule is CN1CCN(C(=O)Cc2cccc(N3CCO[C@H]([C@@H](O)C(=O)Nc4ccc5c(c4)CN=C5N)C3=O)c2)CC1=O. The summed E-state index contributed by atoms with van der Waals surface area (Å²) in [6.07, 6.45) is -3.06. The first-order chi connectivity index (χ1) is 18.7. The topological polar surface area (TPSA) is 158 Å². The molecule has 0 saturated carbocycles. The van der Waals surface area contributed by atoms with Crippen LogP contribution >= 0.6 is 0 Å². The van der Waals surface area contributed by atoms with Gasteiger partial charge in [0.05, 0.1) is 26.1 Å². The van der Waals surface area contributed by atoms with Gasteiger partial charge in [-0.2, -0.15) is 0 Å².